The number of hydrogen-bond donors (Lipinski definition) is 1. The summed E-state index contributed by atoms with van der Waals surface area (Å²) in [7, 11) is -0.562. The number of carbonyl (C=O) groups excluding carboxylic acids is 1. The van der Waals surface area contributed by atoms with Crippen molar-refractivity contribution in [1.29, 1.82) is 0 Å². The molecule has 0 fully saturated rings. The Morgan fingerprint density at radius 2 is 1.78 bits per heavy atom. The number of hydrogen-bond acceptors (Lipinski definition) is 4. The van der Waals surface area contributed by atoms with E-state index < -0.39 is 10.0 Å². The highest BCUT2D eigenvalue weighted by molar-refractivity contribution is 7.89. The molecule has 23 heavy (non-hydrogen) atoms. The van der Waals surface area contributed by atoms with Crippen molar-refractivity contribution in [3.8, 4) is 0 Å². The normalized spacial score (nSPS) is 13.4. The fraction of sp³-hybridized carbons (Fsp3) is 0.562. The van der Waals surface area contributed by atoms with Crippen LogP contribution >= 0.6 is 0 Å². The molecule has 6 nitrogen and oxygen atoms in total. The zero-order valence-corrected chi connectivity index (χ0v) is 15.6. The predicted octanol–water partition coefficient (Wildman–Crippen LogP) is 1.91. The van der Waals surface area contributed by atoms with Gasteiger partial charge in [0.25, 0.3) is 0 Å². The van der Waals surface area contributed by atoms with Crippen LogP contribution in [0.4, 0.5) is 5.69 Å². The van der Waals surface area contributed by atoms with E-state index in [1.165, 1.54) is 20.2 Å². The lowest BCUT2D eigenvalue weighted by Crippen LogP contribution is -2.41. The molecule has 0 saturated heterocycles. The minimum absolute atomic E-state index is 0.142. The van der Waals surface area contributed by atoms with Gasteiger partial charge in [0.1, 0.15) is 0 Å². The average molecular weight is 341 g/mol. The molecule has 0 aliphatic carbocycles. The van der Waals surface area contributed by atoms with Gasteiger partial charge in [-0.15, -0.1) is 0 Å². The standard InChI is InChI=1S/C16H27N3O3S/c1-7-19(8-2)13(4)16(20)17-15-11-14(10-9-12(15)3)23(21,22)18(5)6/h9-11,13H,7-8H2,1-6H3,(H,17,20)/t13-/m1/s1. The van der Waals surface area contributed by atoms with E-state index in [1.54, 1.807) is 12.1 Å². The Bertz CT molecular complexity index is 653. The largest absolute Gasteiger partial charge is 0.324 e. The first-order chi connectivity index (χ1) is 10.6. The maximum absolute atomic E-state index is 12.4. The van der Waals surface area contributed by atoms with Gasteiger partial charge in [-0.2, -0.15) is 0 Å². The summed E-state index contributed by atoms with van der Waals surface area (Å²) in [6.07, 6.45) is 0. The van der Waals surface area contributed by atoms with Gasteiger partial charge in [-0.1, -0.05) is 19.9 Å². The maximum atomic E-state index is 12.4. The molecular formula is C16H27N3O3S. The number of amides is 1. The lowest BCUT2D eigenvalue weighted by atomic mass is 10.2. The molecule has 0 aliphatic rings. The van der Waals surface area contributed by atoms with E-state index in [-0.39, 0.29) is 16.8 Å². The number of carbonyl (C=O) groups is 1. The molecule has 0 radical (unpaired) electrons. The van der Waals surface area contributed by atoms with Crippen molar-refractivity contribution in [2.24, 2.45) is 0 Å². The Labute approximate surface area is 139 Å². The van der Waals surface area contributed by atoms with Crippen LogP contribution in [0.2, 0.25) is 0 Å². The van der Waals surface area contributed by atoms with Crippen molar-refractivity contribution in [3.05, 3.63) is 23.8 Å². The fourth-order valence-corrected chi connectivity index (χ4v) is 3.21. The van der Waals surface area contributed by atoms with Gasteiger partial charge >= 0.3 is 0 Å². The molecule has 0 unspecified atom stereocenters. The van der Waals surface area contributed by atoms with E-state index in [1.807, 2.05) is 32.6 Å². The number of rotatable bonds is 7. The molecule has 0 heterocycles. The number of benzene rings is 1. The predicted molar refractivity (Wildman–Crippen MR) is 93.1 cm³/mol. The first-order valence-electron chi connectivity index (χ1n) is 7.73. The van der Waals surface area contributed by atoms with Crippen LogP contribution in [0.5, 0.6) is 0 Å². The van der Waals surface area contributed by atoms with Gasteiger partial charge in [0.15, 0.2) is 0 Å². The van der Waals surface area contributed by atoms with Crippen LogP contribution in [0.15, 0.2) is 23.1 Å². The van der Waals surface area contributed by atoms with Crippen LogP contribution in [0.25, 0.3) is 0 Å². The Morgan fingerprint density at radius 3 is 2.26 bits per heavy atom. The lowest BCUT2D eigenvalue weighted by Gasteiger charge is -2.25. The molecule has 0 saturated carbocycles. The molecule has 1 aromatic carbocycles. The van der Waals surface area contributed by atoms with Gasteiger partial charge in [-0.05, 0) is 44.6 Å². The van der Waals surface area contributed by atoms with Crippen molar-refractivity contribution in [2.45, 2.75) is 38.6 Å². The Kier molecular flexibility index (Phi) is 6.73. The lowest BCUT2D eigenvalue weighted by molar-refractivity contribution is -0.120. The number of aryl methyl sites for hydroxylation is 1. The number of nitrogens with one attached hydrogen (secondary N) is 1. The fourth-order valence-electron chi connectivity index (χ4n) is 2.28. The summed E-state index contributed by atoms with van der Waals surface area (Å²) in [4.78, 5) is 14.6. The maximum Gasteiger partial charge on any atom is 0.242 e. The molecule has 130 valence electrons. The average Bonchev–Trinajstić information content (AvgIpc) is 2.50. The minimum atomic E-state index is -3.53. The van der Waals surface area contributed by atoms with E-state index in [0.717, 1.165) is 23.0 Å². The van der Waals surface area contributed by atoms with Gasteiger partial charge in [0.05, 0.1) is 10.9 Å². The van der Waals surface area contributed by atoms with E-state index in [4.69, 9.17) is 0 Å². The zero-order chi connectivity index (χ0) is 17.8. The van der Waals surface area contributed by atoms with Gasteiger partial charge in [0, 0.05) is 19.8 Å². The number of nitrogens with zero attached hydrogens (tertiary/aromatic N) is 2. The molecular weight excluding hydrogens is 314 g/mol. The molecule has 1 N–H and O–H groups in total. The topological polar surface area (TPSA) is 69.7 Å². The first kappa shape index (κ1) is 19.6. The van der Waals surface area contributed by atoms with Gasteiger partial charge < -0.3 is 5.32 Å². The second kappa shape index (κ2) is 7.90. The monoisotopic (exact) mass is 341 g/mol. The molecule has 1 aromatic rings. The summed E-state index contributed by atoms with van der Waals surface area (Å²) >= 11 is 0. The van der Waals surface area contributed by atoms with Crippen LogP contribution < -0.4 is 5.32 Å². The van der Waals surface area contributed by atoms with Crippen LogP contribution in [0.3, 0.4) is 0 Å². The molecule has 1 amide bonds. The molecule has 0 spiro atoms. The van der Waals surface area contributed by atoms with Gasteiger partial charge in [0.2, 0.25) is 15.9 Å². The third-order valence-electron chi connectivity index (χ3n) is 3.99. The molecule has 0 bridgehead atoms. The Hall–Kier alpha value is -1.44. The number of anilines is 1. The van der Waals surface area contributed by atoms with E-state index in [2.05, 4.69) is 5.32 Å². The SMILES string of the molecule is CCN(CC)[C@H](C)C(=O)Nc1cc(S(=O)(=O)N(C)C)ccc1C. The molecule has 0 aromatic heterocycles. The Balaban J connectivity index is 3.08. The van der Waals surface area contributed by atoms with Crippen LogP contribution in [0, 0.1) is 6.92 Å². The highest BCUT2D eigenvalue weighted by Crippen LogP contribution is 2.22. The van der Waals surface area contributed by atoms with Gasteiger partial charge in [-0.25, -0.2) is 12.7 Å². The summed E-state index contributed by atoms with van der Waals surface area (Å²) < 4.78 is 25.6. The highest BCUT2D eigenvalue weighted by Gasteiger charge is 2.21. The summed E-state index contributed by atoms with van der Waals surface area (Å²) in [6.45, 7) is 9.24. The molecule has 7 heteroatoms. The van der Waals surface area contributed by atoms with Crippen molar-refractivity contribution < 1.29 is 13.2 Å². The summed E-state index contributed by atoms with van der Waals surface area (Å²) in [5.74, 6) is -0.142. The second-order valence-electron chi connectivity index (χ2n) is 5.65. The minimum Gasteiger partial charge on any atom is -0.324 e. The van der Waals surface area contributed by atoms with E-state index >= 15 is 0 Å². The summed E-state index contributed by atoms with van der Waals surface area (Å²) in [5, 5.41) is 2.85. The van der Waals surface area contributed by atoms with Crippen molar-refractivity contribution in [1.82, 2.24) is 9.21 Å². The van der Waals surface area contributed by atoms with Gasteiger partial charge in [-0.3, -0.25) is 9.69 Å². The molecule has 1 atom stereocenters. The smallest absolute Gasteiger partial charge is 0.242 e. The zero-order valence-electron chi connectivity index (χ0n) is 14.8. The number of likely N-dealkylation sites (N-methyl/N-ethyl adjacent to an activating group) is 1. The summed E-state index contributed by atoms with van der Waals surface area (Å²) in [6, 6.07) is 4.48. The van der Waals surface area contributed by atoms with E-state index in [0.29, 0.717) is 5.69 Å². The number of sulfonamides is 1. The molecule has 1 rings (SSSR count). The van der Waals surface area contributed by atoms with Crippen molar-refractivity contribution in [2.75, 3.05) is 32.5 Å². The van der Waals surface area contributed by atoms with Crippen LogP contribution in [-0.2, 0) is 14.8 Å². The first-order valence-corrected chi connectivity index (χ1v) is 9.17. The quantitative estimate of drug-likeness (QED) is 0.822. The molecule has 0 aliphatic heterocycles. The highest BCUT2D eigenvalue weighted by atomic mass is 32.2. The summed E-state index contributed by atoms with van der Waals surface area (Å²) in [5.41, 5.74) is 1.35. The third kappa shape index (κ3) is 4.53. The van der Waals surface area contributed by atoms with E-state index in [9.17, 15) is 13.2 Å². The van der Waals surface area contributed by atoms with Crippen molar-refractivity contribution >= 4 is 21.6 Å². The van der Waals surface area contributed by atoms with Crippen LogP contribution in [-0.4, -0.2) is 56.8 Å². The van der Waals surface area contributed by atoms with Crippen LogP contribution in [0.1, 0.15) is 26.3 Å². The van der Waals surface area contributed by atoms with Crippen molar-refractivity contribution in [3.63, 3.8) is 0 Å². The second-order valence-corrected chi connectivity index (χ2v) is 7.80. The Morgan fingerprint density at radius 1 is 1.22 bits per heavy atom. The third-order valence-corrected chi connectivity index (χ3v) is 5.80.